The van der Waals surface area contributed by atoms with Gasteiger partial charge in [-0.25, -0.2) is 8.78 Å². The van der Waals surface area contributed by atoms with E-state index in [1.165, 1.54) is 11.8 Å². The molecule has 1 fully saturated rings. The Morgan fingerprint density at radius 2 is 2.07 bits per heavy atom. The molecule has 0 aliphatic carbocycles. The molecule has 0 saturated carbocycles. The van der Waals surface area contributed by atoms with Crippen molar-refractivity contribution in [2.45, 2.75) is 26.2 Å². The fourth-order valence-corrected chi connectivity index (χ4v) is 3.08. The average molecular weight is 388 g/mol. The number of rotatable bonds is 5. The summed E-state index contributed by atoms with van der Waals surface area (Å²) in [6, 6.07) is 9.10. The van der Waals surface area contributed by atoms with Crippen molar-refractivity contribution in [3.05, 3.63) is 42.5 Å². The van der Waals surface area contributed by atoms with Gasteiger partial charge in [-0.3, -0.25) is 10.2 Å². The Kier molecular flexibility index (Phi) is 5.43. The molecule has 0 amide bonds. The van der Waals surface area contributed by atoms with Gasteiger partial charge in [0.25, 0.3) is 5.92 Å². The Morgan fingerprint density at radius 1 is 1.36 bits per heavy atom. The molecule has 1 aliphatic rings. The third kappa shape index (κ3) is 4.03. The van der Waals surface area contributed by atoms with E-state index in [4.69, 9.17) is 5.73 Å². The number of hydrazone groups is 1. The third-order valence-corrected chi connectivity index (χ3v) is 4.32. The van der Waals surface area contributed by atoms with Crippen molar-refractivity contribution in [2.75, 3.05) is 23.4 Å². The molecule has 148 valence electrons. The molecule has 28 heavy (non-hydrogen) atoms. The maximum absolute atomic E-state index is 13.9. The number of allylic oxidation sites excluding steroid dienone is 1. The molecule has 2 heterocycles. The number of amidine groups is 1. The number of halogens is 2. The Morgan fingerprint density at radius 3 is 2.64 bits per heavy atom. The van der Waals surface area contributed by atoms with Crippen LogP contribution in [-0.2, 0) is 0 Å². The minimum absolute atomic E-state index is 0.138. The van der Waals surface area contributed by atoms with E-state index in [0.29, 0.717) is 16.9 Å². The number of nitrogens with one attached hydrogen (secondary N) is 1. The Hall–Kier alpha value is -3.23. The van der Waals surface area contributed by atoms with E-state index in [-0.39, 0.29) is 30.5 Å². The van der Waals surface area contributed by atoms with E-state index in [1.807, 2.05) is 30.3 Å². The van der Waals surface area contributed by atoms with E-state index >= 15 is 0 Å². The number of nitrogens with zero attached hydrogens (tertiary/aromatic N) is 4. The quantitative estimate of drug-likeness (QED) is 0.466. The smallest absolute Gasteiger partial charge is 0.266 e. The van der Waals surface area contributed by atoms with E-state index in [9.17, 15) is 13.6 Å². The summed E-state index contributed by atoms with van der Waals surface area (Å²) in [4.78, 5) is 13.7. The topological polar surface area (TPSA) is 88.5 Å². The normalized spacial score (nSPS) is 16.7. The largest absolute Gasteiger partial charge is 0.382 e. The van der Waals surface area contributed by atoms with Crippen molar-refractivity contribution in [1.82, 2.24) is 9.78 Å². The van der Waals surface area contributed by atoms with Gasteiger partial charge in [0.2, 0.25) is 5.91 Å². The van der Waals surface area contributed by atoms with Crippen molar-refractivity contribution < 1.29 is 13.6 Å². The second kappa shape index (κ2) is 7.79. The summed E-state index contributed by atoms with van der Waals surface area (Å²) in [6.07, 6.45) is 3.01. The standard InChI is InChI=1S/C19H22F2N6O/c1-3-7-15(22)23-24-18-17(26-11-10-19(20,21)12-26)16(25-27(18)13(2)28)14-8-5-4-6-9-14/h3-9,24H,10-12H2,1-2H3,(H2,22,23)/b7-3-. The van der Waals surface area contributed by atoms with Gasteiger partial charge >= 0.3 is 0 Å². The van der Waals surface area contributed by atoms with E-state index in [1.54, 1.807) is 19.1 Å². The van der Waals surface area contributed by atoms with Gasteiger partial charge in [0.15, 0.2) is 5.82 Å². The van der Waals surface area contributed by atoms with Crippen LogP contribution in [0.2, 0.25) is 0 Å². The first-order valence-corrected chi connectivity index (χ1v) is 8.86. The Bertz CT molecular complexity index is 920. The molecule has 1 aliphatic heterocycles. The lowest BCUT2D eigenvalue weighted by Crippen LogP contribution is -2.26. The molecule has 0 unspecified atom stereocenters. The van der Waals surface area contributed by atoms with E-state index in [0.717, 1.165) is 4.68 Å². The van der Waals surface area contributed by atoms with Gasteiger partial charge < -0.3 is 10.6 Å². The van der Waals surface area contributed by atoms with Crippen LogP contribution >= 0.6 is 0 Å². The minimum Gasteiger partial charge on any atom is -0.382 e. The lowest BCUT2D eigenvalue weighted by Gasteiger charge is -2.20. The van der Waals surface area contributed by atoms with Crippen LogP contribution in [0.1, 0.15) is 25.1 Å². The van der Waals surface area contributed by atoms with Crippen LogP contribution in [0.15, 0.2) is 47.6 Å². The predicted molar refractivity (Wildman–Crippen MR) is 106 cm³/mol. The molecule has 1 aromatic heterocycles. The summed E-state index contributed by atoms with van der Waals surface area (Å²) in [5.74, 6) is -2.80. The lowest BCUT2D eigenvalue weighted by atomic mass is 10.1. The zero-order chi connectivity index (χ0) is 20.3. The third-order valence-electron chi connectivity index (χ3n) is 4.32. The van der Waals surface area contributed by atoms with Crippen LogP contribution in [0.5, 0.6) is 0 Å². The van der Waals surface area contributed by atoms with Crippen molar-refractivity contribution >= 4 is 23.2 Å². The van der Waals surface area contributed by atoms with Crippen LogP contribution in [0, 0.1) is 0 Å². The zero-order valence-electron chi connectivity index (χ0n) is 15.7. The first-order chi connectivity index (χ1) is 13.3. The Labute approximate surface area is 161 Å². The highest BCUT2D eigenvalue weighted by molar-refractivity contribution is 5.94. The summed E-state index contributed by atoms with van der Waals surface area (Å²) >= 11 is 0. The molecule has 2 aromatic rings. The van der Waals surface area contributed by atoms with Crippen LogP contribution in [0.4, 0.5) is 20.3 Å². The van der Waals surface area contributed by atoms with Crippen LogP contribution in [0.25, 0.3) is 11.3 Å². The van der Waals surface area contributed by atoms with Gasteiger partial charge in [-0.05, 0) is 13.0 Å². The first kappa shape index (κ1) is 19.5. The fourth-order valence-electron chi connectivity index (χ4n) is 3.08. The number of benzene rings is 1. The predicted octanol–water partition coefficient (Wildman–Crippen LogP) is 3.32. The molecule has 3 N–H and O–H groups in total. The van der Waals surface area contributed by atoms with Gasteiger partial charge in [0.05, 0.1) is 6.54 Å². The van der Waals surface area contributed by atoms with Gasteiger partial charge in [-0.15, -0.1) is 0 Å². The number of anilines is 2. The highest BCUT2D eigenvalue weighted by Crippen LogP contribution is 2.41. The van der Waals surface area contributed by atoms with E-state index < -0.39 is 12.5 Å². The summed E-state index contributed by atoms with van der Waals surface area (Å²) in [5, 5.41) is 8.42. The maximum Gasteiger partial charge on any atom is 0.266 e. The first-order valence-electron chi connectivity index (χ1n) is 8.86. The molecule has 1 aromatic carbocycles. The molecule has 0 radical (unpaired) electrons. The SMILES string of the molecule is C/C=C\C(N)=N/Nc1c(N2CCC(F)(F)C2)c(-c2ccccc2)nn1C(C)=O. The average Bonchev–Trinajstić information content (AvgIpc) is 3.21. The highest BCUT2D eigenvalue weighted by atomic mass is 19.3. The second-order valence-corrected chi connectivity index (χ2v) is 6.52. The Balaban J connectivity index is 2.16. The fraction of sp³-hybridized carbons (Fsp3) is 0.316. The maximum atomic E-state index is 13.9. The van der Waals surface area contributed by atoms with Crippen LogP contribution in [0.3, 0.4) is 0 Å². The lowest BCUT2D eigenvalue weighted by molar-refractivity contribution is 0.0257. The van der Waals surface area contributed by atoms with Crippen LogP contribution in [-0.4, -0.2) is 40.5 Å². The van der Waals surface area contributed by atoms with Gasteiger partial charge in [0, 0.05) is 25.5 Å². The second-order valence-electron chi connectivity index (χ2n) is 6.52. The van der Waals surface area contributed by atoms with Crippen LogP contribution < -0.4 is 16.1 Å². The number of carbonyl (C=O) groups excluding carboxylic acids is 1. The monoisotopic (exact) mass is 388 g/mol. The van der Waals surface area contributed by atoms with Crippen molar-refractivity contribution in [2.24, 2.45) is 10.8 Å². The van der Waals surface area contributed by atoms with Crippen molar-refractivity contribution in [3.63, 3.8) is 0 Å². The molecule has 7 nitrogen and oxygen atoms in total. The summed E-state index contributed by atoms with van der Waals surface area (Å²) in [7, 11) is 0. The molecular formula is C19H22F2N6O. The molecule has 0 spiro atoms. The molecule has 1 saturated heterocycles. The molecule has 3 rings (SSSR count). The van der Waals surface area contributed by atoms with Crippen molar-refractivity contribution in [1.29, 1.82) is 0 Å². The summed E-state index contributed by atoms with van der Waals surface area (Å²) < 4.78 is 29.0. The van der Waals surface area contributed by atoms with Crippen molar-refractivity contribution in [3.8, 4) is 11.3 Å². The number of carbonyl (C=O) groups is 1. The molecule has 0 atom stereocenters. The van der Waals surface area contributed by atoms with Gasteiger partial charge in [-0.1, -0.05) is 36.4 Å². The number of hydrogen-bond donors (Lipinski definition) is 2. The molecule has 9 heteroatoms. The minimum atomic E-state index is -2.81. The number of aromatic nitrogens is 2. The summed E-state index contributed by atoms with van der Waals surface area (Å²) in [5.41, 5.74) is 10.1. The van der Waals surface area contributed by atoms with Gasteiger partial charge in [0.1, 0.15) is 17.2 Å². The number of nitrogens with two attached hydrogens (primary N) is 1. The van der Waals surface area contributed by atoms with Gasteiger partial charge in [-0.2, -0.15) is 14.9 Å². The number of hydrogen-bond acceptors (Lipinski definition) is 5. The molecule has 0 bridgehead atoms. The highest BCUT2D eigenvalue weighted by Gasteiger charge is 2.41. The number of alkyl halides is 2. The zero-order valence-corrected chi connectivity index (χ0v) is 15.7. The van der Waals surface area contributed by atoms with E-state index in [2.05, 4.69) is 15.6 Å². The summed E-state index contributed by atoms with van der Waals surface area (Å²) in [6.45, 7) is 2.81. The molecular weight excluding hydrogens is 366 g/mol.